The summed E-state index contributed by atoms with van der Waals surface area (Å²) in [7, 11) is 2.04. The van der Waals surface area contributed by atoms with Gasteiger partial charge >= 0.3 is 0 Å². The molecule has 3 aromatic carbocycles. The highest BCUT2D eigenvalue weighted by atomic mass is 16.3. The van der Waals surface area contributed by atoms with Gasteiger partial charge in [-0.3, -0.25) is 0 Å². The highest BCUT2D eigenvalue weighted by Crippen LogP contribution is 2.35. The number of rotatable bonds is 2. The minimum absolute atomic E-state index is 0.235. The van der Waals surface area contributed by atoms with Crippen molar-refractivity contribution in [3.05, 3.63) is 96.2 Å². The van der Waals surface area contributed by atoms with Crippen LogP contribution in [0.4, 0.5) is 0 Å². The van der Waals surface area contributed by atoms with Crippen molar-refractivity contribution < 1.29 is 13.1 Å². The van der Waals surface area contributed by atoms with Crippen LogP contribution < -0.4 is 4.57 Å². The summed E-state index contributed by atoms with van der Waals surface area (Å²) >= 11 is 0. The molecule has 3 heteroatoms. The molecule has 3 nitrogen and oxygen atoms in total. The fourth-order valence-corrected chi connectivity index (χ4v) is 4.46. The summed E-state index contributed by atoms with van der Waals surface area (Å²) in [5, 5.41) is 2.64. The van der Waals surface area contributed by atoms with Gasteiger partial charge in [0.2, 0.25) is 11.4 Å². The molecule has 0 radical (unpaired) electrons. The number of hydrogen-bond donors (Lipinski definition) is 0. The first-order valence-electron chi connectivity index (χ1n) is 12.1. The van der Waals surface area contributed by atoms with Gasteiger partial charge in [0.05, 0.1) is 11.1 Å². The Labute approximate surface area is 190 Å². The molecule has 0 saturated heterocycles. The Hall–Kier alpha value is -3.98. The number of nitrogens with zero attached hydrogens (tertiary/aromatic N) is 2. The fraction of sp³-hybridized carbons (Fsp3) is 0.103. The Morgan fingerprint density at radius 1 is 0.844 bits per heavy atom. The maximum absolute atomic E-state index is 7.88. The lowest BCUT2D eigenvalue weighted by molar-refractivity contribution is -0.660. The zero-order valence-corrected chi connectivity index (χ0v) is 17.9. The van der Waals surface area contributed by atoms with Gasteiger partial charge < -0.3 is 4.42 Å². The highest BCUT2D eigenvalue weighted by Gasteiger charge is 2.18. The molecule has 6 aromatic rings. The van der Waals surface area contributed by atoms with Gasteiger partial charge in [-0.25, -0.2) is 9.55 Å². The Morgan fingerprint density at radius 2 is 1.72 bits per heavy atom. The third-order valence-electron chi connectivity index (χ3n) is 6.17. The predicted octanol–water partition coefficient (Wildman–Crippen LogP) is 6.91. The lowest BCUT2D eigenvalue weighted by Crippen LogP contribution is -2.30. The topological polar surface area (TPSA) is 29.9 Å². The number of hydrogen-bond acceptors (Lipinski definition) is 2. The van der Waals surface area contributed by atoms with Gasteiger partial charge in [0.25, 0.3) is 0 Å². The van der Waals surface area contributed by atoms with E-state index in [-0.39, 0.29) is 5.56 Å². The Morgan fingerprint density at radius 3 is 2.56 bits per heavy atom. The Kier molecular flexibility index (Phi) is 3.46. The molecule has 0 aliphatic heterocycles. The van der Waals surface area contributed by atoms with Crippen molar-refractivity contribution in [2.45, 2.75) is 13.8 Å². The number of benzene rings is 3. The van der Waals surface area contributed by atoms with Crippen molar-refractivity contribution in [1.29, 1.82) is 0 Å². The molecule has 0 N–H and O–H groups in total. The van der Waals surface area contributed by atoms with Crippen molar-refractivity contribution in [3.8, 4) is 22.4 Å². The molecule has 6 rings (SSSR count). The van der Waals surface area contributed by atoms with Gasteiger partial charge in [-0.05, 0) is 54.2 Å². The van der Waals surface area contributed by atoms with Crippen molar-refractivity contribution in [3.63, 3.8) is 0 Å². The number of pyridine rings is 2. The van der Waals surface area contributed by atoms with Crippen molar-refractivity contribution in [2.24, 2.45) is 7.05 Å². The largest absolute Gasteiger partial charge is 0.438 e. The standard InChI is InChI=1S/C29H23N2O/c1-18-8-7-11-22-15-25-24-14-19(2)23(17-27(24)32-29(25)30-28(18)22)26-16-21(12-13-31(26)3)20-9-5-4-6-10-20/h4-17H,1-3H3/q+1/i1D3. The molecule has 0 saturated carbocycles. The van der Waals surface area contributed by atoms with Crippen LogP contribution in [0.2, 0.25) is 0 Å². The first-order chi connectivity index (χ1) is 16.8. The number of fused-ring (bicyclic) bond motifs is 4. The van der Waals surface area contributed by atoms with E-state index in [1.165, 1.54) is 0 Å². The van der Waals surface area contributed by atoms with Gasteiger partial charge in [0, 0.05) is 32.4 Å². The third-order valence-corrected chi connectivity index (χ3v) is 6.17. The number of para-hydroxylation sites is 1. The average Bonchev–Trinajstić information content (AvgIpc) is 3.18. The van der Waals surface area contributed by atoms with E-state index in [1.54, 1.807) is 12.1 Å². The summed E-state index contributed by atoms with van der Waals surface area (Å²) in [5.41, 5.74) is 7.45. The maximum Gasteiger partial charge on any atom is 0.227 e. The molecule has 0 bridgehead atoms. The lowest BCUT2D eigenvalue weighted by atomic mass is 9.98. The van der Waals surface area contributed by atoms with Crippen LogP contribution >= 0.6 is 0 Å². The van der Waals surface area contributed by atoms with Crippen LogP contribution in [0.3, 0.4) is 0 Å². The van der Waals surface area contributed by atoms with E-state index in [2.05, 4.69) is 59.1 Å². The molecule has 3 aromatic heterocycles. The first kappa shape index (κ1) is 15.8. The number of aryl methyl sites for hydroxylation is 3. The molecule has 3 heterocycles. The van der Waals surface area contributed by atoms with E-state index in [9.17, 15) is 0 Å². The summed E-state index contributed by atoms with van der Waals surface area (Å²) in [6.07, 6.45) is 2.07. The van der Waals surface area contributed by atoms with Gasteiger partial charge in [0.15, 0.2) is 6.20 Å². The van der Waals surface area contributed by atoms with Gasteiger partial charge in [-0.1, -0.05) is 48.5 Å². The first-order valence-corrected chi connectivity index (χ1v) is 10.6. The molecular formula is C29H23N2O+. The van der Waals surface area contributed by atoms with Crippen LogP contribution in [0.1, 0.15) is 15.2 Å². The van der Waals surface area contributed by atoms with Crippen LogP contribution in [0, 0.1) is 13.8 Å². The molecule has 32 heavy (non-hydrogen) atoms. The fourth-order valence-electron chi connectivity index (χ4n) is 4.46. The minimum atomic E-state index is -2.24. The quantitative estimate of drug-likeness (QED) is 0.286. The van der Waals surface area contributed by atoms with Crippen molar-refractivity contribution in [2.75, 3.05) is 0 Å². The maximum atomic E-state index is 7.88. The number of aromatic nitrogens is 2. The van der Waals surface area contributed by atoms with Crippen LogP contribution in [0.5, 0.6) is 0 Å². The van der Waals surface area contributed by atoms with Crippen LogP contribution in [0.25, 0.3) is 55.4 Å². The van der Waals surface area contributed by atoms with Crippen LogP contribution in [-0.2, 0) is 7.05 Å². The van der Waals surface area contributed by atoms with E-state index < -0.39 is 6.85 Å². The van der Waals surface area contributed by atoms with E-state index in [0.29, 0.717) is 11.2 Å². The zero-order chi connectivity index (χ0) is 24.3. The monoisotopic (exact) mass is 418 g/mol. The van der Waals surface area contributed by atoms with E-state index in [4.69, 9.17) is 8.53 Å². The van der Waals surface area contributed by atoms with E-state index in [0.717, 1.165) is 49.7 Å². The second kappa shape index (κ2) is 7.03. The molecule has 0 fully saturated rings. The molecule has 0 spiro atoms. The molecule has 0 atom stereocenters. The predicted molar refractivity (Wildman–Crippen MR) is 131 cm³/mol. The molecule has 0 aliphatic rings. The van der Waals surface area contributed by atoms with Gasteiger partial charge in [0.1, 0.15) is 12.6 Å². The minimum Gasteiger partial charge on any atom is -0.438 e. The molecule has 0 aliphatic carbocycles. The van der Waals surface area contributed by atoms with Crippen molar-refractivity contribution >= 4 is 33.0 Å². The summed E-state index contributed by atoms with van der Waals surface area (Å²) < 4.78 is 32.0. The second-order valence-corrected chi connectivity index (χ2v) is 8.26. The zero-order valence-electron chi connectivity index (χ0n) is 20.9. The average molecular weight is 419 g/mol. The molecule has 154 valence electrons. The van der Waals surface area contributed by atoms with Crippen LogP contribution in [-0.4, -0.2) is 4.98 Å². The summed E-state index contributed by atoms with van der Waals surface area (Å²) in [4.78, 5) is 4.65. The lowest BCUT2D eigenvalue weighted by Gasteiger charge is -2.07. The highest BCUT2D eigenvalue weighted by molar-refractivity contribution is 6.08. The van der Waals surface area contributed by atoms with Crippen LogP contribution in [0.15, 0.2) is 89.5 Å². The Bertz CT molecular complexity index is 1750. The summed E-state index contributed by atoms with van der Waals surface area (Å²) in [6.45, 7) is -0.140. The van der Waals surface area contributed by atoms with E-state index >= 15 is 0 Å². The normalized spacial score (nSPS) is 13.4. The smallest absolute Gasteiger partial charge is 0.227 e. The van der Waals surface area contributed by atoms with E-state index in [1.807, 2.05) is 37.4 Å². The second-order valence-electron chi connectivity index (χ2n) is 8.26. The summed E-state index contributed by atoms with van der Waals surface area (Å²) in [5.74, 6) is 0. The molecule has 0 unspecified atom stereocenters. The summed E-state index contributed by atoms with van der Waals surface area (Å²) in [6, 6.07) is 26.1. The Balaban J connectivity index is 1.56. The number of furan rings is 1. The molecule has 0 amide bonds. The third kappa shape index (κ3) is 2.89. The van der Waals surface area contributed by atoms with Gasteiger partial charge in [-0.2, -0.15) is 0 Å². The SMILES string of the molecule is [2H]C([2H])([2H])c1cccc2cc3c(nc12)oc1cc(-c2cc(-c4ccccc4)cc[n+]2C)c(C)cc13. The molecular weight excluding hydrogens is 392 g/mol. The van der Waals surface area contributed by atoms with Gasteiger partial charge in [-0.15, -0.1) is 0 Å². The van der Waals surface area contributed by atoms with Crippen molar-refractivity contribution in [1.82, 2.24) is 4.98 Å².